The summed E-state index contributed by atoms with van der Waals surface area (Å²) in [6.45, 7) is 0. The van der Waals surface area contributed by atoms with E-state index in [1.54, 1.807) is 7.05 Å². The highest BCUT2D eigenvalue weighted by Gasteiger charge is 2.11. The van der Waals surface area contributed by atoms with Crippen molar-refractivity contribution < 1.29 is 4.79 Å². The predicted octanol–water partition coefficient (Wildman–Crippen LogP) is 2.22. The Kier molecular flexibility index (Phi) is 5.27. The standard InChI is InChI=1S/C11H12Cl2N6OS/c1-19-11(16-17-18-19)21-3-2-9(20)15-10-7(13)4-6(12)5-8(10)14/h4-5H,2-3,14H2,1H3,(H,15,20). The molecule has 0 atom stereocenters. The monoisotopic (exact) mass is 346 g/mol. The number of nitrogens with one attached hydrogen (secondary N) is 1. The van der Waals surface area contributed by atoms with Gasteiger partial charge in [-0.3, -0.25) is 4.79 Å². The number of aryl methyl sites for hydroxylation is 1. The van der Waals surface area contributed by atoms with Gasteiger partial charge in [0.05, 0.1) is 16.4 Å². The predicted molar refractivity (Wildman–Crippen MR) is 83.6 cm³/mol. The number of thioether (sulfide) groups is 1. The number of hydrogen-bond acceptors (Lipinski definition) is 6. The Bertz CT molecular complexity index is 639. The van der Waals surface area contributed by atoms with E-state index in [4.69, 9.17) is 28.9 Å². The molecule has 0 unspecified atom stereocenters. The molecule has 10 heteroatoms. The normalized spacial score (nSPS) is 10.6. The number of anilines is 2. The van der Waals surface area contributed by atoms with E-state index in [9.17, 15) is 4.79 Å². The summed E-state index contributed by atoms with van der Waals surface area (Å²) in [6.07, 6.45) is 0.274. The molecule has 0 aliphatic rings. The average molecular weight is 347 g/mol. The second-order valence-corrected chi connectivity index (χ2v) is 5.99. The maximum Gasteiger partial charge on any atom is 0.225 e. The Morgan fingerprint density at radius 1 is 1.48 bits per heavy atom. The molecule has 0 aliphatic heterocycles. The van der Waals surface area contributed by atoms with Crippen molar-refractivity contribution in [2.75, 3.05) is 16.8 Å². The van der Waals surface area contributed by atoms with Crippen molar-refractivity contribution in [2.24, 2.45) is 7.05 Å². The van der Waals surface area contributed by atoms with Crippen LogP contribution in [0.3, 0.4) is 0 Å². The average Bonchev–Trinajstić information content (AvgIpc) is 2.80. The summed E-state index contributed by atoms with van der Waals surface area (Å²) in [5, 5.41) is 15.1. The molecule has 0 saturated carbocycles. The van der Waals surface area contributed by atoms with Crippen LogP contribution in [0.15, 0.2) is 17.3 Å². The zero-order valence-corrected chi connectivity index (χ0v) is 13.3. The summed E-state index contributed by atoms with van der Waals surface area (Å²) in [4.78, 5) is 11.9. The molecular weight excluding hydrogens is 335 g/mol. The molecule has 1 aromatic carbocycles. The van der Waals surface area contributed by atoms with Crippen LogP contribution in [0.25, 0.3) is 0 Å². The van der Waals surface area contributed by atoms with Gasteiger partial charge in [-0.05, 0) is 22.6 Å². The lowest BCUT2D eigenvalue weighted by atomic mass is 10.2. The van der Waals surface area contributed by atoms with Crippen molar-refractivity contribution >= 4 is 52.2 Å². The second kappa shape index (κ2) is 6.97. The third kappa shape index (κ3) is 4.23. The number of nitrogen functional groups attached to an aromatic ring is 1. The minimum Gasteiger partial charge on any atom is -0.397 e. The van der Waals surface area contributed by atoms with Crippen LogP contribution in [0.5, 0.6) is 0 Å². The molecular formula is C11H12Cl2N6OS. The lowest BCUT2D eigenvalue weighted by Crippen LogP contribution is -2.14. The van der Waals surface area contributed by atoms with Crippen LogP contribution in [0.1, 0.15) is 6.42 Å². The van der Waals surface area contributed by atoms with E-state index in [0.29, 0.717) is 32.3 Å². The highest BCUT2D eigenvalue weighted by Crippen LogP contribution is 2.32. The van der Waals surface area contributed by atoms with Gasteiger partial charge >= 0.3 is 0 Å². The lowest BCUT2D eigenvalue weighted by Gasteiger charge is -2.10. The fraction of sp³-hybridized carbons (Fsp3) is 0.273. The molecule has 21 heavy (non-hydrogen) atoms. The van der Waals surface area contributed by atoms with E-state index in [0.717, 1.165) is 0 Å². The highest BCUT2D eigenvalue weighted by atomic mass is 35.5. The van der Waals surface area contributed by atoms with Crippen LogP contribution in [-0.2, 0) is 11.8 Å². The Morgan fingerprint density at radius 3 is 2.86 bits per heavy atom. The van der Waals surface area contributed by atoms with Crippen molar-refractivity contribution in [3.05, 3.63) is 22.2 Å². The minimum absolute atomic E-state index is 0.200. The number of carbonyl (C=O) groups excluding carboxylic acids is 1. The van der Waals surface area contributed by atoms with Gasteiger partial charge < -0.3 is 11.1 Å². The molecule has 2 aromatic rings. The number of carbonyl (C=O) groups is 1. The van der Waals surface area contributed by atoms with Gasteiger partial charge in [-0.15, -0.1) is 5.10 Å². The van der Waals surface area contributed by atoms with Crippen molar-refractivity contribution in [1.29, 1.82) is 0 Å². The Labute approximate surface area is 135 Å². The van der Waals surface area contributed by atoms with Crippen LogP contribution in [0.2, 0.25) is 10.0 Å². The van der Waals surface area contributed by atoms with Gasteiger partial charge in [-0.25, -0.2) is 4.68 Å². The van der Waals surface area contributed by atoms with E-state index in [2.05, 4.69) is 20.8 Å². The number of nitrogens with zero attached hydrogens (tertiary/aromatic N) is 4. The van der Waals surface area contributed by atoms with Crippen LogP contribution in [0.4, 0.5) is 11.4 Å². The van der Waals surface area contributed by atoms with Gasteiger partial charge in [-0.1, -0.05) is 35.0 Å². The second-order valence-electron chi connectivity index (χ2n) is 4.08. The maximum atomic E-state index is 11.9. The van der Waals surface area contributed by atoms with E-state index in [1.807, 2.05) is 0 Å². The number of tetrazole rings is 1. The molecule has 0 radical (unpaired) electrons. The fourth-order valence-corrected chi connectivity index (χ4v) is 2.85. The number of aromatic nitrogens is 4. The smallest absolute Gasteiger partial charge is 0.225 e. The fourth-order valence-electron chi connectivity index (χ4n) is 1.51. The first-order valence-corrected chi connectivity index (χ1v) is 7.61. The largest absolute Gasteiger partial charge is 0.397 e. The summed E-state index contributed by atoms with van der Waals surface area (Å²) in [7, 11) is 1.73. The number of benzene rings is 1. The van der Waals surface area contributed by atoms with E-state index < -0.39 is 0 Å². The molecule has 0 bridgehead atoms. The first-order valence-electron chi connectivity index (χ1n) is 5.87. The van der Waals surface area contributed by atoms with Crippen molar-refractivity contribution in [2.45, 2.75) is 11.6 Å². The summed E-state index contributed by atoms with van der Waals surface area (Å²) in [5.41, 5.74) is 6.47. The zero-order valence-electron chi connectivity index (χ0n) is 11.0. The molecule has 1 heterocycles. The first kappa shape index (κ1) is 15.9. The van der Waals surface area contributed by atoms with Crippen molar-refractivity contribution in [3.8, 4) is 0 Å². The minimum atomic E-state index is -0.200. The highest BCUT2D eigenvalue weighted by molar-refractivity contribution is 7.99. The molecule has 3 N–H and O–H groups in total. The number of rotatable bonds is 5. The van der Waals surface area contributed by atoms with Crippen LogP contribution >= 0.6 is 35.0 Å². The quantitative estimate of drug-likeness (QED) is 0.636. The van der Waals surface area contributed by atoms with E-state index in [-0.39, 0.29) is 12.3 Å². The third-order valence-corrected chi connectivity index (χ3v) is 4.02. The summed E-state index contributed by atoms with van der Waals surface area (Å²) < 4.78 is 1.54. The molecule has 0 fully saturated rings. The van der Waals surface area contributed by atoms with Crippen molar-refractivity contribution in [1.82, 2.24) is 20.2 Å². The molecule has 0 aliphatic carbocycles. The van der Waals surface area contributed by atoms with Crippen LogP contribution in [0, 0.1) is 0 Å². The topological polar surface area (TPSA) is 98.7 Å². The SMILES string of the molecule is Cn1nnnc1SCCC(=O)Nc1c(N)cc(Cl)cc1Cl. The molecule has 0 saturated heterocycles. The van der Waals surface area contributed by atoms with Gasteiger partial charge in [-0.2, -0.15) is 0 Å². The lowest BCUT2D eigenvalue weighted by molar-refractivity contribution is -0.115. The Hall–Kier alpha value is -1.51. The molecule has 112 valence electrons. The summed E-state index contributed by atoms with van der Waals surface area (Å²) in [6, 6.07) is 3.05. The van der Waals surface area contributed by atoms with Gasteiger partial charge in [0.25, 0.3) is 0 Å². The molecule has 0 spiro atoms. The molecule has 1 aromatic heterocycles. The van der Waals surface area contributed by atoms with Gasteiger partial charge in [0.2, 0.25) is 11.1 Å². The number of nitrogens with two attached hydrogens (primary N) is 1. The maximum absolute atomic E-state index is 11.9. The number of halogens is 2. The molecule has 1 amide bonds. The molecule has 7 nitrogen and oxygen atoms in total. The Morgan fingerprint density at radius 2 is 2.24 bits per heavy atom. The first-order chi connectivity index (χ1) is 9.97. The summed E-state index contributed by atoms with van der Waals surface area (Å²) >= 11 is 13.2. The molecule has 2 rings (SSSR count). The Balaban J connectivity index is 1.89. The van der Waals surface area contributed by atoms with Gasteiger partial charge in [0.15, 0.2) is 0 Å². The van der Waals surface area contributed by atoms with E-state index >= 15 is 0 Å². The summed E-state index contributed by atoms with van der Waals surface area (Å²) in [5.74, 6) is 0.332. The van der Waals surface area contributed by atoms with Gasteiger partial charge in [0, 0.05) is 24.2 Å². The van der Waals surface area contributed by atoms with Crippen LogP contribution in [-0.4, -0.2) is 31.9 Å². The zero-order chi connectivity index (χ0) is 15.4. The third-order valence-electron chi connectivity index (χ3n) is 2.49. The van der Waals surface area contributed by atoms with Crippen LogP contribution < -0.4 is 11.1 Å². The van der Waals surface area contributed by atoms with Crippen molar-refractivity contribution in [3.63, 3.8) is 0 Å². The number of hydrogen-bond donors (Lipinski definition) is 2. The van der Waals surface area contributed by atoms with E-state index in [1.165, 1.54) is 28.6 Å². The number of amides is 1. The van der Waals surface area contributed by atoms with Gasteiger partial charge in [0.1, 0.15) is 0 Å².